The Bertz CT molecular complexity index is 619. The number of benzene rings is 1. The van der Waals surface area contributed by atoms with Gasteiger partial charge in [0.2, 0.25) is 0 Å². The van der Waals surface area contributed by atoms with Gasteiger partial charge in [-0.2, -0.15) is 0 Å². The van der Waals surface area contributed by atoms with Crippen molar-refractivity contribution in [2.75, 3.05) is 12.4 Å². The fourth-order valence-electron chi connectivity index (χ4n) is 1.64. The van der Waals surface area contributed by atoms with E-state index in [1.165, 1.54) is 18.4 Å². The number of carbonyl (C=O) groups excluding carboxylic acids is 2. The Morgan fingerprint density at radius 2 is 2.05 bits per heavy atom. The number of carbonyl (C=O) groups is 2. The number of hydrogen-bond acceptors (Lipinski definition) is 4. The van der Waals surface area contributed by atoms with Crippen LogP contribution in [-0.4, -0.2) is 19.0 Å². The van der Waals surface area contributed by atoms with Crippen molar-refractivity contribution < 1.29 is 14.3 Å². The highest BCUT2D eigenvalue weighted by Gasteiger charge is 2.16. The summed E-state index contributed by atoms with van der Waals surface area (Å²) in [7, 11) is 1.31. The first-order valence-corrected chi connectivity index (χ1v) is 6.53. The Morgan fingerprint density at radius 3 is 2.74 bits per heavy atom. The molecule has 0 unspecified atom stereocenters. The summed E-state index contributed by atoms with van der Waals surface area (Å²) in [5.74, 6) is -0.693. The predicted octanol–water partition coefficient (Wildman–Crippen LogP) is 3.10. The van der Waals surface area contributed by atoms with Crippen LogP contribution in [0.4, 0.5) is 5.69 Å². The molecule has 19 heavy (non-hydrogen) atoms. The third-order valence-corrected chi connectivity index (χ3v) is 3.46. The smallest absolute Gasteiger partial charge is 0.350 e. The minimum atomic E-state index is -0.449. The number of methoxy groups -OCH3 is 1. The van der Waals surface area contributed by atoms with Gasteiger partial charge in [-0.25, -0.2) is 4.79 Å². The zero-order valence-electron chi connectivity index (χ0n) is 10.6. The number of esters is 1. The van der Waals surface area contributed by atoms with Gasteiger partial charge >= 0.3 is 5.97 Å². The molecule has 0 atom stereocenters. The molecule has 1 heterocycles. The Kier molecular flexibility index (Phi) is 3.97. The highest BCUT2D eigenvalue weighted by atomic mass is 32.1. The Morgan fingerprint density at radius 1 is 1.26 bits per heavy atom. The molecule has 0 saturated carbocycles. The molecule has 0 aliphatic carbocycles. The maximum atomic E-state index is 12.1. The van der Waals surface area contributed by atoms with E-state index < -0.39 is 5.97 Å². The summed E-state index contributed by atoms with van der Waals surface area (Å²) in [5, 5.41) is 4.45. The van der Waals surface area contributed by atoms with Crippen LogP contribution in [0.3, 0.4) is 0 Å². The lowest BCUT2D eigenvalue weighted by molar-refractivity contribution is 0.0607. The summed E-state index contributed by atoms with van der Waals surface area (Å²) in [6, 6.07) is 8.94. The van der Waals surface area contributed by atoms with E-state index in [9.17, 15) is 9.59 Å². The molecule has 0 aliphatic rings. The Balaban J connectivity index is 2.20. The third kappa shape index (κ3) is 3.00. The number of rotatable bonds is 3. The van der Waals surface area contributed by atoms with Crippen LogP contribution in [0.5, 0.6) is 0 Å². The van der Waals surface area contributed by atoms with Gasteiger partial charge in [0.15, 0.2) is 0 Å². The Labute approximate surface area is 115 Å². The van der Waals surface area contributed by atoms with Crippen molar-refractivity contribution >= 4 is 28.9 Å². The molecular formula is C14H13NO3S. The first kappa shape index (κ1) is 13.3. The highest BCUT2D eigenvalue weighted by molar-refractivity contribution is 7.12. The van der Waals surface area contributed by atoms with Gasteiger partial charge in [-0.3, -0.25) is 4.79 Å². The van der Waals surface area contributed by atoms with Crippen LogP contribution in [-0.2, 0) is 4.74 Å². The molecule has 1 aromatic heterocycles. The molecule has 0 radical (unpaired) electrons. The molecule has 1 amide bonds. The van der Waals surface area contributed by atoms with Crippen LogP contribution in [0.1, 0.15) is 25.6 Å². The molecular weight excluding hydrogens is 262 g/mol. The maximum absolute atomic E-state index is 12.1. The van der Waals surface area contributed by atoms with Gasteiger partial charge in [0.1, 0.15) is 4.88 Å². The van der Waals surface area contributed by atoms with Crippen molar-refractivity contribution in [2.45, 2.75) is 6.92 Å². The van der Waals surface area contributed by atoms with E-state index in [2.05, 4.69) is 10.1 Å². The summed E-state index contributed by atoms with van der Waals surface area (Å²) in [5.41, 5.74) is 2.04. The van der Waals surface area contributed by atoms with Crippen molar-refractivity contribution in [3.05, 3.63) is 51.7 Å². The molecule has 2 aromatic rings. The quantitative estimate of drug-likeness (QED) is 0.876. The molecule has 1 aromatic carbocycles. The number of thiophene rings is 1. The van der Waals surface area contributed by atoms with E-state index in [1.807, 2.05) is 19.1 Å². The van der Waals surface area contributed by atoms with Gasteiger partial charge in [-0.05, 0) is 30.5 Å². The monoisotopic (exact) mass is 275 g/mol. The lowest BCUT2D eigenvalue weighted by Gasteiger charge is -2.06. The summed E-state index contributed by atoms with van der Waals surface area (Å²) in [6.45, 7) is 1.92. The molecule has 0 bridgehead atoms. The van der Waals surface area contributed by atoms with Crippen molar-refractivity contribution in [1.29, 1.82) is 0 Å². The second kappa shape index (κ2) is 5.67. The molecule has 0 saturated heterocycles. The highest BCUT2D eigenvalue weighted by Crippen LogP contribution is 2.23. The summed E-state index contributed by atoms with van der Waals surface area (Å²) in [4.78, 5) is 24.0. The van der Waals surface area contributed by atoms with Crippen LogP contribution < -0.4 is 5.32 Å². The maximum Gasteiger partial charge on any atom is 0.350 e. The zero-order valence-corrected chi connectivity index (χ0v) is 11.4. The normalized spacial score (nSPS) is 10.0. The van der Waals surface area contributed by atoms with E-state index in [0.29, 0.717) is 16.1 Å². The van der Waals surface area contributed by atoms with Crippen LogP contribution in [0.25, 0.3) is 0 Å². The molecule has 4 nitrogen and oxygen atoms in total. The second-order valence-electron chi connectivity index (χ2n) is 3.98. The molecule has 0 fully saturated rings. The van der Waals surface area contributed by atoms with E-state index in [0.717, 1.165) is 5.56 Å². The summed E-state index contributed by atoms with van der Waals surface area (Å²) < 4.78 is 4.66. The van der Waals surface area contributed by atoms with Gasteiger partial charge in [0.05, 0.1) is 12.8 Å². The van der Waals surface area contributed by atoms with Gasteiger partial charge in [0, 0.05) is 5.56 Å². The van der Waals surface area contributed by atoms with Gasteiger partial charge < -0.3 is 10.1 Å². The number of amides is 1. The van der Waals surface area contributed by atoms with Crippen molar-refractivity contribution in [1.82, 2.24) is 0 Å². The average Bonchev–Trinajstić information content (AvgIpc) is 2.86. The van der Waals surface area contributed by atoms with E-state index >= 15 is 0 Å². The van der Waals surface area contributed by atoms with Crippen LogP contribution in [0.2, 0.25) is 0 Å². The molecule has 0 aliphatic heterocycles. The fraction of sp³-hybridized carbons (Fsp3) is 0.143. The number of aryl methyl sites for hydroxylation is 1. The Hall–Kier alpha value is -2.14. The average molecular weight is 275 g/mol. The number of anilines is 1. The van der Waals surface area contributed by atoms with Gasteiger partial charge in [0.25, 0.3) is 5.91 Å². The van der Waals surface area contributed by atoms with E-state index in [1.54, 1.807) is 23.6 Å². The van der Waals surface area contributed by atoms with Crippen LogP contribution >= 0.6 is 11.3 Å². The zero-order chi connectivity index (χ0) is 13.8. The number of ether oxygens (including phenoxy) is 1. The van der Waals surface area contributed by atoms with Crippen molar-refractivity contribution in [2.24, 2.45) is 0 Å². The fourth-order valence-corrected chi connectivity index (χ4v) is 2.41. The standard InChI is InChI=1S/C14H13NO3S/c1-9-4-3-5-10(8-9)13(16)15-11-6-7-19-12(11)14(17)18-2/h3-8H,1-2H3,(H,15,16). The van der Waals surface area contributed by atoms with Crippen LogP contribution in [0, 0.1) is 6.92 Å². The third-order valence-electron chi connectivity index (χ3n) is 2.56. The minimum absolute atomic E-state index is 0.243. The second-order valence-corrected chi connectivity index (χ2v) is 4.89. The summed E-state index contributed by atoms with van der Waals surface area (Å²) >= 11 is 1.23. The van der Waals surface area contributed by atoms with Crippen molar-refractivity contribution in [3.8, 4) is 0 Å². The first-order valence-electron chi connectivity index (χ1n) is 5.65. The largest absolute Gasteiger partial charge is 0.465 e. The van der Waals surface area contributed by atoms with Crippen molar-refractivity contribution in [3.63, 3.8) is 0 Å². The topological polar surface area (TPSA) is 55.4 Å². The predicted molar refractivity (Wildman–Crippen MR) is 74.8 cm³/mol. The number of nitrogens with one attached hydrogen (secondary N) is 1. The molecule has 5 heteroatoms. The van der Waals surface area contributed by atoms with Gasteiger partial charge in [-0.15, -0.1) is 11.3 Å². The summed E-state index contributed by atoms with van der Waals surface area (Å²) in [6.07, 6.45) is 0. The minimum Gasteiger partial charge on any atom is -0.465 e. The number of hydrogen-bond donors (Lipinski definition) is 1. The molecule has 2 rings (SSSR count). The SMILES string of the molecule is COC(=O)c1sccc1NC(=O)c1cccc(C)c1. The molecule has 1 N–H and O–H groups in total. The van der Waals surface area contributed by atoms with E-state index in [-0.39, 0.29) is 5.91 Å². The van der Waals surface area contributed by atoms with Gasteiger partial charge in [-0.1, -0.05) is 17.7 Å². The molecule has 98 valence electrons. The van der Waals surface area contributed by atoms with Crippen LogP contribution in [0.15, 0.2) is 35.7 Å². The first-order chi connectivity index (χ1) is 9.11. The molecule has 0 spiro atoms. The van der Waals surface area contributed by atoms with E-state index in [4.69, 9.17) is 0 Å². The lowest BCUT2D eigenvalue weighted by Crippen LogP contribution is -2.14. The lowest BCUT2D eigenvalue weighted by atomic mass is 10.1.